The lowest BCUT2D eigenvalue weighted by atomic mass is 9.97. The minimum atomic E-state index is -0.0829. The van der Waals surface area contributed by atoms with E-state index in [1.54, 1.807) is 0 Å². The standard InChI is InChI=1S/C9H19NO2S/c10-8-9(12-5-1-4-11)2-6-13-7-3-9/h11H,1-8,10H2. The van der Waals surface area contributed by atoms with Gasteiger partial charge in [0.05, 0.1) is 5.60 Å². The Morgan fingerprint density at radius 1 is 1.38 bits per heavy atom. The van der Waals surface area contributed by atoms with Gasteiger partial charge in [-0.3, -0.25) is 0 Å². The molecule has 13 heavy (non-hydrogen) atoms. The molecule has 0 saturated carbocycles. The summed E-state index contributed by atoms with van der Waals surface area (Å²) in [7, 11) is 0. The summed E-state index contributed by atoms with van der Waals surface area (Å²) in [5.41, 5.74) is 5.64. The fourth-order valence-corrected chi connectivity index (χ4v) is 2.74. The smallest absolute Gasteiger partial charge is 0.0819 e. The highest BCUT2D eigenvalue weighted by Crippen LogP contribution is 2.29. The fourth-order valence-electron chi connectivity index (χ4n) is 1.50. The summed E-state index contributed by atoms with van der Waals surface area (Å²) >= 11 is 1.97. The average Bonchev–Trinajstić information content (AvgIpc) is 2.20. The number of aliphatic hydroxyl groups excluding tert-OH is 1. The molecule has 0 unspecified atom stereocenters. The number of ether oxygens (including phenoxy) is 1. The van der Waals surface area contributed by atoms with E-state index in [0.29, 0.717) is 13.2 Å². The predicted molar refractivity (Wildman–Crippen MR) is 56.0 cm³/mol. The van der Waals surface area contributed by atoms with Crippen molar-refractivity contribution in [2.24, 2.45) is 5.73 Å². The maximum absolute atomic E-state index is 8.64. The number of nitrogens with two attached hydrogens (primary N) is 1. The second-order valence-corrected chi connectivity index (χ2v) is 4.65. The zero-order valence-electron chi connectivity index (χ0n) is 8.00. The second kappa shape index (κ2) is 5.86. The van der Waals surface area contributed by atoms with Crippen molar-refractivity contribution in [3.8, 4) is 0 Å². The van der Waals surface area contributed by atoms with Crippen molar-refractivity contribution in [3.63, 3.8) is 0 Å². The van der Waals surface area contributed by atoms with Crippen LogP contribution in [0.25, 0.3) is 0 Å². The molecule has 1 saturated heterocycles. The minimum absolute atomic E-state index is 0.0829. The van der Waals surface area contributed by atoms with Gasteiger partial charge < -0.3 is 15.6 Å². The first-order valence-corrected chi connectivity index (χ1v) is 6.01. The largest absolute Gasteiger partial charge is 0.396 e. The molecule has 0 aromatic carbocycles. The fraction of sp³-hybridized carbons (Fsp3) is 1.00. The molecule has 4 heteroatoms. The van der Waals surface area contributed by atoms with Crippen LogP contribution in [0.3, 0.4) is 0 Å². The number of thioether (sulfide) groups is 1. The monoisotopic (exact) mass is 205 g/mol. The Balaban J connectivity index is 2.29. The first-order chi connectivity index (χ1) is 6.33. The van der Waals surface area contributed by atoms with Gasteiger partial charge in [0, 0.05) is 19.8 Å². The highest BCUT2D eigenvalue weighted by molar-refractivity contribution is 7.99. The molecule has 0 spiro atoms. The molecular formula is C9H19NO2S. The summed E-state index contributed by atoms with van der Waals surface area (Å²) in [5, 5.41) is 8.64. The van der Waals surface area contributed by atoms with Gasteiger partial charge in [-0.05, 0) is 30.8 Å². The Labute approximate surface area is 84.0 Å². The van der Waals surface area contributed by atoms with E-state index in [4.69, 9.17) is 15.6 Å². The zero-order valence-corrected chi connectivity index (χ0v) is 8.81. The van der Waals surface area contributed by atoms with Crippen molar-refractivity contribution in [1.29, 1.82) is 0 Å². The van der Waals surface area contributed by atoms with Crippen LogP contribution in [0.5, 0.6) is 0 Å². The maximum Gasteiger partial charge on any atom is 0.0819 e. The highest BCUT2D eigenvalue weighted by atomic mass is 32.2. The van der Waals surface area contributed by atoms with E-state index in [-0.39, 0.29) is 12.2 Å². The molecule has 0 aromatic heterocycles. The molecule has 1 fully saturated rings. The first kappa shape index (κ1) is 11.3. The van der Waals surface area contributed by atoms with Crippen LogP contribution in [0.2, 0.25) is 0 Å². The van der Waals surface area contributed by atoms with Crippen molar-refractivity contribution in [1.82, 2.24) is 0 Å². The molecule has 0 amide bonds. The molecule has 1 rings (SSSR count). The molecule has 1 heterocycles. The third-order valence-corrected chi connectivity index (χ3v) is 3.47. The number of aliphatic hydroxyl groups is 1. The predicted octanol–water partition coefficient (Wildman–Crippen LogP) is 0.610. The van der Waals surface area contributed by atoms with E-state index in [1.165, 1.54) is 0 Å². The summed E-state index contributed by atoms with van der Waals surface area (Å²) in [4.78, 5) is 0. The number of rotatable bonds is 5. The van der Waals surface area contributed by atoms with Crippen LogP contribution in [-0.2, 0) is 4.74 Å². The van der Waals surface area contributed by atoms with E-state index < -0.39 is 0 Å². The summed E-state index contributed by atoms with van der Waals surface area (Å²) in [6.45, 7) is 1.45. The topological polar surface area (TPSA) is 55.5 Å². The van der Waals surface area contributed by atoms with Gasteiger partial charge in [-0.15, -0.1) is 0 Å². The van der Waals surface area contributed by atoms with E-state index in [0.717, 1.165) is 30.8 Å². The van der Waals surface area contributed by atoms with Gasteiger partial charge in [0.15, 0.2) is 0 Å². The van der Waals surface area contributed by atoms with Gasteiger partial charge in [0.1, 0.15) is 0 Å². The van der Waals surface area contributed by atoms with Crippen LogP contribution in [0.1, 0.15) is 19.3 Å². The van der Waals surface area contributed by atoms with Crippen LogP contribution in [-0.4, -0.2) is 42.0 Å². The average molecular weight is 205 g/mol. The third-order valence-electron chi connectivity index (χ3n) is 2.49. The SMILES string of the molecule is NCC1(OCCCO)CCSCC1. The van der Waals surface area contributed by atoms with Crippen LogP contribution < -0.4 is 5.73 Å². The molecule has 0 radical (unpaired) electrons. The highest BCUT2D eigenvalue weighted by Gasteiger charge is 2.31. The Kier molecular flexibility index (Phi) is 5.09. The molecule has 3 N–H and O–H groups in total. The Hall–Kier alpha value is 0.230. The molecule has 0 bridgehead atoms. The molecule has 0 aliphatic carbocycles. The van der Waals surface area contributed by atoms with Crippen LogP contribution in [0.15, 0.2) is 0 Å². The van der Waals surface area contributed by atoms with Gasteiger partial charge in [0.2, 0.25) is 0 Å². The molecule has 0 aromatic rings. The van der Waals surface area contributed by atoms with Gasteiger partial charge in [0.25, 0.3) is 0 Å². The van der Waals surface area contributed by atoms with Crippen molar-refractivity contribution in [3.05, 3.63) is 0 Å². The Morgan fingerprint density at radius 2 is 2.08 bits per heavy atom. The van der Waals surface area contributed by atoms with E-state index in [9.17, 15) is 0 Å². The van der Waals surface area contributed by atoms with Gasteiger partial charge >= 0.3 is 0 Å². The van der Waals surface area contributed by atoms with Crippen LogP contribution in [0.4, 0.5) is 0 Å². The summed E-state index contributed by atoms with van der Waals surface area (Å²) < 4.78 is 5.76. The Morgan fingerprint density at radius 3 is 2.62 bits per heavy atom. The summed E-state index contributed by atoms with van der Waals surface area (Å²) in [6, 6.07) is 0. The lowest BCUT2D eigenvalue weighted by molar-refractivity contribution is -0.0486. The van der Waals surface area contributed by atoms with Crippen molar-refractivity contribution in [2.75, 3.05) is 31.3 Å². The van der Waals surface area contributed by atoms with E-state index >= 15 is 0 Å². The summed E-state index contributed by atoms with van der Waals surface area (Å²) in [6.07, 6.45) is 2.83. The molecular weight excluding hydrogens is 186 g/mol. The maximum atomic E-state index is 8.64. The third kappa shape index (κ3) is 3.46. The molecule has 0 atom stereocenters. The van der Waals surface area contributed by atoms with Gasteiger partial charge in [-0.1, -0.05) is 0 Å². The molecule has 1 aliphatic rings. The molecule has 3 nitrogen and oxygen atoms in total. The molecule has 78 valence electrons. The van der Waals surface area contributed by atoms with E-state index in [1.807, 2.05) is 11.8 Å². The summed E-state index contributed by atoms with van der Waals surface area (Å²) in [5.74, 6) is 2.30. The van der Waals surface area contributed by atoms with Crippen molar-refractivity contribution < 1.29 is 9.84 Å². The first-order valence-electron chi connectivity index (χ1n) is 4.86. The number of hydrogen-bond donors (Lipinski definition) is 2. The van der Waals surface area contributed by atoms with Gasteiger partial charge in [-0.2, -0.15) is 11.8 Å². The lowest BCUT2D eigenvalue weighted by Crippen LogP contribution is -2.44. The van der Waals surface area contributed by atoms with Crippen LogP contribution >= 0.6 is 11.8 Å². The second-order valence-electron chi connectivity index (χ2n) is 3.43. The lowest BCUT2D eigenvalue weighted by Gasteiger charge is -2.35. The van der Waals surface area contributed by atoms with Crippen molar-refractivity contribution in [2.45, 2.75) is 24.9 Å². The van der Waals surface area contributed by atoms with Gasteiger partial charge in [-0.25, -0.2) is 0 Å². The minimum Gasteiger partial charge on any atom is -0.396 e. The zero-order chi connectivity index (χ0) is 9.57. The van der Waals surface area contributed by atoms with Crippen LogP contribution in [0, 0.1) is 0 Å². The normalized spacial score (nSPS) is 21.7. The van der Waals surface area contributed by atoms with E-state index in [2.05, 4.69) is 0 Å². The quantitative estimate of drug-likeness (QED) is 0.646. The Bertz CT molecular complexity index is 138. The molecule has 1 aliphatic heterocycles. The number of hydrogen-bond acceptors (Lipinski definition) is 4. The van der Waals surface area contributed by atoms with Crippen molar-refractivity contribution >= 4 is 11.8 Å².